The number of benzene rings is 1. The first kappa shape index (κ1) is 11.8. The lowest BCUT2D eigenvalue weighted by Gasteiger charge is -2.11. The number of halogens is 2. The van der Waals surface area contributed by atoms with Crippen molar-refractivity contribution in [2.75, 3.05) is 13.2 Å². The van der Waals surface area contributed by atoms with Gasteiger partial charge in [0.1, 0.15) is 18.5 Å². The van der Waals surface area contributed by atoms with Crippen LogP contribution in [0.25, 0.3) is 0 Å². The fourth-order valence-corrected chi connectivity index (χ4v) is 1.63. The monoisotopic (exact) mass is 280 g/mol. The van der Waals surface area contributed by atoms with Crippen molar-refractivity contribution in [3.05, 3.63) is 27.7 Å². The first-order chi connectivity index (χ1) is 6.63. The molecule has 78 valence electrons. The van der Waals surface area contributed by atoms with Gasteiger partial charge in [0.2, 0.25) is 0 Å². The van der Waals surface area contributed by atoms with E-state index < -0.39 is 6.10 Å². The Morgan fingerprint density at radius 1 is 1.50 bits per heavy atom. The molecule has 1 aromatic carbocycles. The van der Waals surface area contributed by atoms with E-state index in [1.165, 1.54) is 0 Å². The zero-order valence-corrected chi connectivity index (χ0v) is 9.62. The molecule has 0 amide bonds. The van der Waals surface area contributed by atoms with Crippen LogP contribution in [-0.2, 0) is 0 Å². The van der Waals surface area contributed by atoms with Crippen molar-refractivity contribution >= 4 is 27.5 Å². The number of rotatable bonds is 4. The molecule has 0 saturated heterocycles. The van der Waals surface area contributed by atoms with Crippen LogP contribution in [0.15, 0.2) is 22.7 Å². The highest BCUT2D eigenvalue weighted by Crippen LogP contribution is 2.27. The zero-order chi connectivity index (χ0) is 10.6. The number of aliphatic hydroxyl groups is 2. The minimum atomic E-state index is -0.863. The van der Waals surface area contributed by atoms with Crippen LogP contribution in [0.4, 0.5) is 0 Å². The van der Waals surface area contributed by atoms with E-state index >= 15 is 0 Å². The van der Waals surface area contributed by atoms with Crippen LogP contribution < -0.4 is 4.74 Å². The van der Waals surface area contributed by atoms with E-state index in [9.17, 15) is 0 Å². The molecule has 0 spiro atoms. The summed E-state index contributed by atoms with van der Waals surface area (Å²) in [5.74, 6) is 0.585. The standard InChI is InChI=1S/C9H10BrClO3/c10-8-3-6(11)1-2-9(8)14-5-7(13)4-12/h1-3,7,12-13H,4-5H2. The van der Waals surface area contributed by atoms with Gasteiger partial charge >= 0.3 is 0 Å². The molecule has 1 unspecified atom stereocenters. The van der Waals surface area contributed by atoms with Crippen molar-refractivity contribution in [1.29, 1.82) is 0 Å². The summed E-state index contributed by atoms with van der Waals surface area (Å²) in [4.78, 5) is 0. The van der Waals surface area contributed by atoms with Crippen molar-refractivity contribution in [2.24, 2.45) is 0 Å². The highest BCUT2D eigenvalue weighted by atomic mass is 79.9. The fourth-order valence-electron chi connectivity index (χ4n) is 0.831. The predicted molar refractivity (Wildman–Crippen MR) is 57.7 cm³/mol. The normalized spacial score (nSPS) is 12.6. The van der Waals surface area contributed by atoms with Crippen LogP contribution in [0.2, 0.25) is 5.02 Å². The van der Waals surface area contributed by atoms with Gasteiger partial charge < -0.3 is 14.9 Å². The van der Waals surface area contributed by atoms with Gasteiger partial charge in [0, 0.05) is 5.02 Å². The SMILES string of the molecule is OCC(O)COc1ccc(Cl)cc1Br. The first-order valence-corrected chi connectivity index (χ1v) is 5.17. The smallest absolute Gasteiger partial charge is 0.133 e. The van der Waals surface area contributed by atoms with Crippen LogP contribution in [0.5, 0.6) is 5.75 Å². The van der Waals surface area contributed by atoms with E-state index in [1.807, 2.05) is 0 Å². The lowest BCUT2D eigenvalue weighted by Crippen LogP contribution is -2.21. The van der Waals surface area contributed by atoms with Crippen molar-refractivity contribution in [3.8, 4) is 5.75 Å². The molecule has 0 radical (unpaired) electrons. The molecule has 1 atom stereocenters. The second kappa shape index (κ2) is 5.56. The molecule has 0 bridgehead atoms. The largest absolute Gasteiger partial charge is 0.490 e. The average Bonchev–Trinajstić information content (AvgIpc) is 2.16. The van der Waals surface area contributed by atoms with Crippen LogP contribution in [0.3, 0.4) is 0 Å². The van der Waals surface area contributed by atoms with Crippen molar-refractivity contribution < 1.29 is 14.9 Å². The molecule has 5 heteroatoms. The summed E-state index contributed by atoms with van der Waals surface area (Å²) in [6.07, 6.45) is -0.863. The van der Waals surface area contributed by atoms with Gasteiger partial charge in [0.15, 0.2) is 0 Å². The molecule has 1 aromatic rings. The van der Waals surface area contributed by atoms with Crippen molar-refractivity contribution in [1.82, 2.24) is 0 Å². The summed E-state index contributed by atoms with van der Waals surface area (Å²) < 4.78 is 5.95. The Bertz CT molecular complexity index is 306. The molecular formula is C9H10BrClO3. The number of hydrogen-bond acceptors (Lipinski definition) is 3. The van der Waals surface area contributed by atoms with Gasteiger partial charge in [-0.25, -0.2) is 0 Å². The minimum absolute atomic E-state index is 0.0523. The van der Waals surface area contributed by atoms with E-state index in [4.69, 9.17) is 26.6 Å². The molecule has 0 saturated carbocycles. The summed E-state index contributed by atoms with van der Waals surface area (Å²) >= 11 is 9.00. The highest BCUT2D eigenvalue weighted by molar-refractivity contribution is 9.10. The summed E-state index contributed by atoms with van der Waals surface area (Å²) in [5.41, 5.74) is 0. The fraction of sp³-hybridized carbons (Fsp3) is 0.333. The van der Waals surface area contributed by atoms with Gasteiger partial charge in [-0.05, 0) is 34.1 Å². The Balaban J connectivity index is 2.59. The molecule has 0 fully saturated rings. The average molecular weight is 282 g/mol. The van der Waals surface area contributed by atoms with Gasteiger partial charge in [-0.1, -0.05) is 11.6 Å². The maximum absolute atomic E-state index is 9.05. The Hall–Kier alpha value is -0.290. The molecular weight excluding hydrogens is 271 g/mol. The predicted octanol–water partition coefficient (Wildman–Crippen LogP) is 1.83. The summed E-state index contributed by atoms with van der Waals surface area (Å²) in [6, 6.07) is 5.08. The number of aliphatic hydroxyl groups excluding tert-OH is 2. The Labute approximate surface area is 95.4 Å². The molecule has 0 aliphatic rings. The van der Waals surface area contributed by atoms with Crippen molar-refractivity contribution in [2.45, 2.75) is 6.10 Å². The Morgan fingerprint density at radius 3 is 2.79 bits per heavy atom. The maximum Gasteiger partial charge on any atom is 0.133 e. The second-order valence-corrected chi connectivity index (χ2v) is 4.01. The van der Waals surface area contributed by atoms with E-state index in [-0.39, 0.29) is 13.2 Å². The third-order valence-electron chi connectivity index (χ3n) is 1.54. The lowest BCUT2D eigenvalue weighted by molar-refractivity contribution is 0.0534. The lowest BCUT2D eigenvalue weighted by atomic mass is 10.3. The van der Waals surface area contributed by atoms with Gasteiger partial charge in [0.05, 0.1) is 11.1 Å². The van der Waals surface area contributed by atoms with E-state index in [0.29, 0.717) is 10.8 Å². The van der Waals surface area contributed by atoms with Gasteiger partial charge in [-0.3, -0.25) is 0 Å². The van der Waals surface area contributed by atoms with Crippen LogP contribution in [-0.4, -0.2) is 29.5 Å². The first-order valence-electron chi connectivity index (χ1n) is 4.00. The quantitative estimate of drug-likeness (QED) is 0.885. The Morgan fingerprint density at radius 2 is 2.21 bits per heavy atom. The molecule has 2 N–H and O–H groups in total. The molecule has 0 heterocycles. The van der Waals surface area contributed by atoms with Crippen LogP contribution in [0.1, 0.15) is 0 Å². The zero-order valence-electron chi connectivity index (χ0n) is 7.28. The van der Waals surface area contributed by atoms with Crippen LogP contribution in [0, 0.1) is 0 Å². The van der Waals surface area contributed by atoms with Gasteiger partial charge in [-0.2, -0.15) is 0 Å². The highest BCUT2D eigenvalue weighted by Gasteiger charge is 2.05. The summed E-state index contributed by atoms with van der Waals surface area (Å²) in [6.45, 7) is -0.262. The van der Waals surface area contributed by atoms with E-state index in [2.05, 4.69) is 15.9 Å². The molecule has 1 rings (SSSR count). The van der Waals surface area contributed by atoms with E-state index in [1.54, 1.807) is 18.2 Å². The molecule has 3 nitrogen and oxygen atoms in total. The molecule has 0 aromatic heterocycles. The molecule has 0 aliphatic carbocycles. The summed E-state index contributed by atoms with van der Waals surface area (Å²) in [5, 5.41) is 18.2. The maximum atomic E-state index is 9.05. The Kier molecular flexibility index (Phi) is 4.68. The van der Waals surface area contributed by atoms with Crippen LogP contribution >= 0.6 is 27.5 Å². The number of hydrogen-bond donors (Lipinski definition) is 2. The minimum Gasteiger partial charge on any atom is -0.490 e. The molecule has 14 heavy (non-hydrogen) atoms. The topological polar surface area (TPSA) is 49.7 Å². The summed E-state index contributed by atoms with van der Waals surface area (Å²) in [7, 11) is 0. The second-order valence-electron chi connectivity index (χ2n) is 2.72. The third kappa shape index (κ3) is 3.46. The van der Waals surface area contributed by atoms with Gasteiger partial charge in [-0.15, -0.1) is 0 Å². The number of ether oxygens (including phenoxy) is 1. The van der Waals surface area contributed by atoms with E-state index in [0.717, 1.165) is 4.47 Å². The van der Waals surface area contributed by atoms with Crippen molar-refractivity contribution in [3.63, 3.8) is 0 Å². The third-order valence-corrected chi connectivity index (χ3v) is 2.39. The molecule has 0 aliphatic heterocycles. The van der Waals surface area contributed by atoms with Gasteiger partial charge in [0.25, 0.3) is 0 Å².